The zero-order valence-electron chi connectivity index (χ0n) is 24.2. The lowest BCUT2D eigenvalue weighted by Gasteiger charge is -2.48. The molecule has 0 amide bonds. The summed E-state index contributed by atoms with van der Waals surface area (Å²) in [5.74, 6) is 1.42. The molecular formula is C33H44N2O4. The molecule has 2 aromatic carbocycles. The first-order chi connectivity index (χ1) is 18.6. The van der Waals surface area contributed by atoms with Gasteiger partial charge >= 0.3 is 11.9 Å². The molecule has 210 valence electrons. The summed E-state index contributed by atoms with van der Waals surface area (Å²) >= 11 is 0. The highest BCUT2D eigenvalue weighted by Gasteiger charge is 2.45. The van der Waals surface area contributed by atoms with Crippen LogP contribution in [-0.2, 0) is 15.0 Å². The molecule has 1 saturated carbocycles. The van der Waals surface area contributed by atoms with Gasteiger partial charge in [0.05, 0.1) is 0 Å². The molecule has 0 N–H and O–H groups in total. The molecule has 3 fully saturated rings. The third-order valence-corrected chi connectivity index (χ3v) is 9.21. The Morgan fingerprint density at radius 3 is 1.54 bits per heavy atom. The molecule has 2 saturated heterocycles. The minimum Gasteiger partial charge on any atom is -0.425 e. The van der Waals surface area contributed by atoms with Crippen LogP contribution < -0.4 is 9.47 Å². The molecule has 0 aromatic heterocycles. The maximum absolute atomic E-state index is 12.7. The molecule has 39 heavy (non-hydrogen) atoms. The third-order valence-electron chi connectivity index (χ3n) is 9.21. The molecule has 0 radical (unpaired) electrons. The van der Waals surface area contributed by atoms with E-state index in [2.05, 4.69) is 54.8 Å². The van der Waals surface area contributed by atoms with Gasteiger partial charge in [-0.1, -0.05) is 45.0 Å². The van der Waals surface area contributed by atoms with Crippen molar-refractivity contribution >= 4 is 11.9 Å². The zero-order chi connectivity index (χ0) is 27.8. The Morgan fingerprint density at radius 2 is 1.18 bits per heavy atom. The fourth-order valence-electron chi connectivity index (χ4n) is 7.65. The molecule has 6 heteroatoms. The highest BCUT2D eigenvalue weighted by atomic mass is 16.5. The van der Waals surface area contributed by atoms with Crippen molar-refractivity contribution in [1.29, 1.82) is 0 Å². The number of hydrogen-bond donors (Lipinski definition) is 0. The maximum Gasteiger partial charge on any atom is 0.328 e. The number of carbonyl (C=O) groups excluding carboxylic acids is 2. The minimum absolute atomic E-state index is 0.155. The summed E-state index contributed by atoms with van der Waals surface area (Å²) in [6, 6.07) is 16.0. The number of esters is 2. The summed E-state index contributed by atoms with van der Waals surface area (Å²) < 4.78 is 11.6. The molecule has 3 aliphatic rings. The molecule has 3 unspecified atom stereocenters. The van der Waals surface area contributed by atoms with Crippen molar-refractivity contribution in [3.8, 4) is 11.5 Å². The second-order valence-corrected chi connectivity index (χ2v) is 13.1. The summed E-state index contributed by atoms with van der Waals surface area (Å²) in [4.78, 5) is 29.6. The molecular weight excluding hydrogens is 488 g/mol. The van der Waals surface area contributed by atoms with Gasteiger partial charge in [0, 0.05) is 5.41 Å². The van der Waals surface area contributed by atoms with Crippen molar-refractivity contribution in [1.82, 2.24) is 9.80 Å². The van der Waals surface area contributed by atoms with Crippen molar-refractivity contribution in [3.05, 3.63) is 59.7 Å². The summed E-state index contributed by atoms with van der Waals surface area (Å²) in [5, 5.41) is 0. The lowest BCUT2D eigenvalue weighted by atomic mass is 9.55. The number of likely N-dealkylation sites (tertiary alicyclic amines) is 2. The van der Waals surface area contributed by atoms with Crippen molar-refractivity contribution in [2.24, 2.45) is 11.3 Å². The number of benzene rings is 2. The average molecular weight is 533 g/mol. The number of nitrogens with zero attached hydrogens (tertiary/aromatic N) is 2. The van der Waals surface area contributed by atoms with E-state index in [1.165, 1.54) is 17.5 Å². The first-order valence-corrected chi connectivity index (χ1v) is 14.6. The smallest absolute Gasteiger partial charge is 0.328 e. The van der Waals surface area contributed by atoms with Gasteiger partial charge in [0.25, 0.3) is 0 Å². The van der Waals surface area contributed by atoms with Crippen LogP contribution in [0.4, 0.5) is 0 Å². The predicted molar refractivity (Wildman–Crippen MR) is 153 cm³/mol. The van der Waals surface area contributed by atoms with Crippen LogP contribution in [0.25, 0.3) is 0 Å². The Morgan fingerprint density at radius 1 is 0.744 bits per heavy atom. The summed E-state index contributed by atoms with van der Waals surface area (Å²) in [6.07, 6.45) is 7.00. The summed E-state index contributed by atoms with van der Waals surface area (Å²) in [7, 11) is 3.97. The molecule has 2 heterocycles. The van der Waals surface area contributed by atoms with Gasteiger partial charge in [-0.05, 0) is 119 Å². The van der Waals surface area contributed by atoms with E-state index < -0.39 is 0 Å². The van der Waals surface area contributed by atoms with E-state index in [1.54, 1.807) is 0 Å². The summed E-state index contributed by atoms with van der Waals surface area (Å²) in [6.45, 7) is 8.94. The van der Waals surface area contributed by atoms with E-state index in [0.29, 0.717) is 17.4 Å². The predicted octanol–water partition coefficient (Wildman–Crippen LogP) is 5.82. The van der Waals surface area contributed by atoms with Crippen LogP contribution in [0.2, 0.25) is 0 Å². The van der Waals surface area contributed by atoms with Crippen LogP contribution in [0.3, 0.4) is 0 Å². The fourth-order valence-corrected chi connectivity index (χ4v) is 7.65. The summed E-state index contributed by atoms with van der Waals surface area (Å²) in [5.41, 5.74) is 2.46. The van der Waals surface area contributed by atoms with Crippen molar-refractivity contribution in [2.75, 3.05) is 27.2 Å². The second kappa shape index (κ2) is 11.1. The van der Waals surface area contributed by atoms with E-state index in [4.69, 9.17) is 9.47 Å². The molecule has 0 bridgehead atoms. The van der Waals surface area contributed by atoms with Crippen LogP contribution >= 0.6 is 0 Å². The van der Waals surface area contributed by atoms with Gasteiger partial charge in [-0.2, -0.15) is 0 Å². The second-order valence-electron chi connectivity index (χ2n) is 13.1. The van der Waals surface area contributed by atoms with E-state index in [1.807, 2.05) is 38.4 Å². The van der Waals surface area contributed by atoms with Gasteiger partial charge in [0.15, 0.2) is 0 Å². The van der Waals surface area contributed by atoms with E-state index in [-0.39, 0.29) is 34.9 Å². The van der Waals surface area contributed by atoms with Gasteiger partial charge in [-0.15, -0.1) is 0 Å². The lowest BCUT2D eigenvalue weighted by Crippen LogP contribution is -2.41. The molecule has 2 aromatic rings. The van der Waals surface area contributed by atoms with Crippen LogP contribution in [0, 0.1) is 11.3 Å². The van der Waals surface area contributed by atoms with Crippen molar-refractivity contribution < 1.29 is 19.1 Å². The third kappa shape index (κ3) is 5.92. The lowest BCUT2D eigenvalue weighted by molar-refractivity contribution is -0.139. The highest BCUT2D eigenvalue weighted by molar-refractivity contribution is 5.79. The Labute approximate surface area is 233 Å². The van der Waals surface area contributed by atoms with Gasteiger partial charge in [0.2, 0.25) is 0 Å². The Bertz CT molecular complexity index is 1100. The van der Waals surface area contributed by atoms with Crippen LogP contribution in [0.15, 0.2) is 48.5 Å². The van der Waals surface area contributed by atoms with Crippen molar-refractivity contribution in [2.45, 2.75) is 83.2 Å². The topological polar surface area (TPSA) is 59.1 Å². The Balaban J connectivity index is 1.39. The number of carbonyl (C=O) groups is 2. The molecule has 2 aliphatic heterocycles. The maximum atomic E-state index is 12.7. The molecule has 6 nitrogen and oxygen atoms in total. The van der Waals surface area contributed by atoms with E-state index in [0.717, 1.165) is 51.6 Å². The molecule has 1 aliphatic carbocycles. The first-order valence-electron chi connectivity index (χ1n) is 14.6. The quantitative estimate of drug-likeness (QED) is 0.345. The standard InChI is InChI=1S/C33H44N2O4/c1-23-20-32(2,3)22-33(21-23,24-10-14-26(15-11-24)38-30(36)28-8-6-18-34(28)4)25-12-16-27(17-13-25)39-31(37)29-9-7-19-35(29)5/h10-17,23,28-29H,6-9,18-22H2,1-5H3. The van der Waals surface area contributed by atoms with E-state index >= 15 is 0 Å². The van der Waals surface area contributed by atoms with Crippen molar-refractivity contribution in [3.63, 3.8) is 0 Å². The van der Waals surface area contributed by atoms with Gasteiger partial charge < -0.3 is 9.47 Å². The number of ether oxygens (including phenoxy) is 2. The molecule has 0 spiro atoms. The monoisotopic (exact) mass is 532 g/mol. The minimum atomic E-state index is -0.177. The number of likely N-dealkylation sites (N-methyl/N-ethyl adjacent to an activating group) is 2. The van der Waals surface area contributed by atoms with Gasteiger partial charge in [-0.25, -0.2) is 9.59 Å². The largest absolute Gasteiger partial charge is 0.425 e. The van der Waals surface area contributed by atoms with Gasteiger partial charge in [-0.3, -0.25) is 9.80 Å². The fraction of sp³-hybridized carbons (Fsp3) is 0.576. The van der Waals surface area contributed by atoms with E-state index in [9.17, 15) is 9.59 Å². The highest BCUT2D eigenvalue weighted by Crippen LogP contribution is 2.53. The van der Waals surface area contributed by atoms with Crippen LogP contribution in [-0.4, -0.2) is 61.0 Å². The Hall–Kier alpha value is -2.70. The SMILES string of the molecule is CC1CC(C)(C)CC(c2ccc(OC(=O)C3CCCN3C)cc2)(c2ccc(OC(=O)C3CCCN3C)cc2)C1. The number of rotatable bonds is 6. The normalized spacial score (nSPS) is 29.3. The molecule has 5 rings (SSSR count). The number of hydrogen-bond acceptors (Lipinski definition) is 6. The average Bonchev–Trinajstić information content (AvgIpc) is 3.51. The first kappa shape index (κ1) is 27.9. The van der Waals surface area contributed by atoms with Gasteiger partial charge in [0.1, 0.15) is 23.6 Å². The van der Waals surface area contributed by atoms with Crippen LogP contribution in [0.1, 0.15) is 76.8 Å². The Kier molecular flexibility index (Phi) is 7.89. The zero-order valence-corrected chi connectivity index (χ0v) is 24.2. The molecule has 3 atom stereocenters. The van der Waals surface area contributed by atoms with Crippen LogP contribution in [0.5, 0.6) is 11.5 Å².